The van der Waals surface area contributed by atoms with E-state index in [2.05, 4.69) is 5.32 Å². The van der Waals surface area contributed by atoms with Crippen molar-refractivity contribution in [3.05, 3.63) is 0 Å². The number of likely N-dealkylation sites (N-methyl/N-ethyl adjacent to an activating group) is 2. The molecule has 5 heteroatoms. The van der Waals surface area contributed by atoms with Crippen LogP contribution in [0.4, 0.5) is 0 Å². The van der Waals surface area contributed by atoms with E-state index >= 15 is 0 Å². The molecule has 1 aliphatic heterocycles. The van der Waals surface area contributed by atoms with Crippen LogP contribution in [-0.4, -0.2) is 74.7 Å². The van der Waals surface area contributed by atoms with Crippen molar-refractivity contribution in [2.75, 3.05) is 52.9 Å². The molecule has 0 saturated carbocycles. The highest BCUT2D eigenvalue weighted by molar-refractivity contribution is 5.78. The molecule has 1 N–H and O–H groups in total. The summed E-state index contributed by atoms with van der Waals surface area (Å²) in [5.74, 6) is 0.196. The Morgan fingerprint density at radius 2 is 2.12 bits per heavy atom. The van der Waals surface area contributed by atoms with E-state index < -0.39 is 0 Å². The van der Waals surface area contributed by atoms with Crippen LogP contribution in [0.15, 0.2) is 0 Å². The van der Waals surface area contributed by atoms with Gasteiger partial charge in [-0.15, -0.1) is 0 Å². The Balaban J connectivity index is 2.27. The zero-order valence-corrected chi connectivity index (χ0v) is 11.2. The van der Waals surface area contributed by atoms with Gasteiger partial charge in [-0.25, -0.2) is 0 Å². The van der Waals surface area contributed by atoms with Gasteiger partial charge in [-0.1, -0.05) is 0 Å². The Bertz CT molecular complexity index is 226. The highest BCUT2D eigenvalue weighted by Crippen LogP contribution is 1.99. The van der Waals surface area contributed by atoms with Crippen molar-refractivity contribution in [2.45, 2.75) is 20.0 Å². The number of hydrogen-bond donors (Lipinski definition) is 1. The summed E-state index contributed by atoms with van der Waals surface area (Å²) in [6.07, 6.45) is 0.207. The van der Waals surface area contributed by atoms with Crippen LogP contribution in [0, 0.1) is 0 Å². The van der Waals surface area contributed by atoms with Gasteiger partial charge in [0.1, 0.15) is 0 Å². The Morgan fingerprint density at radius 3 is 2.65 bits per heavy atom. The Kier molecular flexibility index (Phi) is 6.47. The summed E-state index contributed by atoms with van der Waals surface area (Å²) in [7, 11) is 1.97. The van der Waals surface area contributed by atoms with Crippen molar-refractivity contribution < 1.29 is 9.53 Å². The number of hydrogen-bond acceptors (Lipinski definition) is 4. The number of ether oxygens (including phenoxy) is 1. The monoisotopic (exact) mass is 243 g/mol. The lowest BCUT2D eigenvalue weighted by Crippen LogP contribution is -2.47. The SMILES string of the molecule is CCN(CC)C(=O)CN(C)CC1CNCCO1. The molecule has 1 atom stereocenters. The van der Waals surface area contributed by atoms with Gasteiger partial charge < -0.3 is 15.0 Å². The lowest BCUT2D eigenvalue weighted by Gasteiger charge is -2.29. The number of morpholine rings is 1. The van der Waals surface area contributed by atoms with E-state index in [0.29, 0.717) is 6.54 Å². The second-order valence-corrected chi connectivity index (χ2v) is 4.46. The molecular weight excluding hydrogens is 218 g/mol. The lowest BCUT2D eigenvalue weighted by molar-refractivity contribution is -0.132. The fraction of sp³-hybridized carbons (Fsp3) is 0.917. The zero-order chi connectivity index (χ0) is 12.7. The van der Waals surface area contributed by atoms with Crippen molar-refractivity contribution in [3.8, 4) is 0 Å². The van der Waals surface area contributed by atoms with E-state index in [1.54, 1.807) is 0 Å². The van der Waals surface area contributed by atoms with E-state index in [0.717, 1.165) is 39.3 Å². The molecule has 1 fully saturated rings. The van der Waals surface area contributed by atoms with Crippen LogP contribution >= 0.6 is 0 Å². The quantitative estimate of drug-likeness (QED) is 0.700. The number of carbonyl (C=O) groups excluding carboxylic acids is 1. The van der Waals surface area contributed by atoms with Crippen LogP contribution < -0.4 is 5.32 Å². The third kappa shape index (κ3) is 5.02. The second kappa shape index (κ2) is 7.63. The fourth-order valence-electron chi connectivity index (χ4n) is 2.06. The minimum absolute atomic E-state index is 0.196. The average Bonchev–Trinajstić information content (AvgIpc) is 2.31. The predicted molar refractivity (Wildman–Crippen MR) is 68.0 cm³/mol. The summed E-state index contributed by atoms with van der Waals surface area (Å²) in [5, 5.41) is 3.29. The van der Waals surface area contributed by atoms with Gasteiger partial charge in [0.05, 0.1) is 19.3 Å². The van der Waals surface area contributed by atoms with Gasteiger partial charge in [-0.3, -0.25) is 9.69 Å². The van der Waals surface area contributed by atoms with Crippen molar-refractivity contribution in [1.82, 2.24) is 15.1 Å². The van der Waals surface area contributed by atoms with Gasteiger partial charge in [-0.05, 0) is 20.9 Å². The molecule has 17 heavy (non-hydrogen) atoms. The van der Waals surface area contributed by atoms with Crippen molar-refractivity contribution in [2.24, 2.45) is 0 Å². The molecule has 1 saturated heterocycles. The minimum atomic E-state index is 0.196. The molecule has 0 spiro atoms. The summed E-state index contributed by atoms with van der Waals surface area (Å²) in [6, 6.07) is 0. The van der Waals surface area contributed by atoms with Crippen molar-refractivity contribution in [3.63, 3.8) is 0 Å². The number of amides is 1. The first-order valence-electron chi connectivity index (χ1n) is 6.46. The molecular formula is C12H25N3O2. The highest BCUT2D eigenvalue weighted by atomic mass is 16.5. The maximum Gasteiger partial charge on any atom is 0.236 e. The van der Waals surface area contributed by atoms with Crippen LogP contribution in [0.25, 0.3) is 0 Å². The summed E-state index contributed by atoms with van der Waals surface area (Å²) in [4.78, 5) is 15.8. The van der Waals surface area contributed by atoms with Crippen LogP contribution in [0.5, 0.6) is 0 Å². The minimum Gasteiger partial charge on any atom is -0.374 e. The molecule has 0 aromatic rings. The van der Waals surface area contributed by atoms with Crippen LogP contribution in [0.3, 0.4) is 0 Å². The molecule has 0 aliphatic carbocycles. The first-order valence-corrected chi connectivity index (χ1v) is 6.46. The molecule has 1 amide bonds. The van der Waals surface area contributed by atoms with Crippen molar-refractivity contribution >= 4 is 5.91 Å². The van der Waals surface area contributed by atoms with Gasteiger partial charge in [0, 0.05) is 32.7 Å². The topological polar surface area (TPSA) is 44.8 Å². The predicted octanol–water partition coefficient (Wildman–Crippen LogP) is -0.225. The van der Waals surface area contributed by atoms with E-state index in [1.165, 1.54) is 0 Å². The summed E-state index contributed by atoms with van der Waals surface area (Å²) >= 11 is 0. The first kappa shape index (κ1) is 14.4. The van der Waals surface area contributed by atoms with E-state index in [1.807, 2.05) is 30.7 Å². The maximum absolute atomic E-state index is 11.9. The molecule has 1 unspecified atom stereocenters. The summed E-state index contributed by atoms with van der Waals surface area (Å²) < 4.78 is 5.61. The Morgan fingerprint density at radius 1 is 1.41 bits per heavy atom. The van der Waals surface area contributed by atoms with Gasteiger partial charge in [0.25, 0.3) is 0 Å². The van der Waals surface area contributed by atoms with Crippen molar-refractivity contribution in [1.29, 1.82) is 0 Å². The third-order valence-corrected chi connectivity index (χ3v) is 3.04. The maximum atomic E-state index is 11.9. The third-order valence-electron chi connectivity index (χ3n) is 3.04. The Labute approximate surface area is 104 Å². The molecule has 1 heterocycles. The smallest absolute Gasteiger partial charge is 0.236 e. The zero-order valence-electron chi connectivity index (χ0n) is 11.2. The second-order valence-electron chi connectivity index (χ2n) is 4.46. The Hall–Kier alpha value is -0.650. The van der Waals surface area contributed by atoms with Crippen LogP contribution in [0.1, 0.15) is 13.8 Å². The average molecular weight is 243 g/mol. The van der Waals surface area contributed by atoms with Gasteiger partial charge in [-0.2, -0.15) is 0 Å². The highest BCUT2D eigenvalue weighted by Gasteiger charge is 2.18. The number of nitrogens with one attached hydrogen (secondary N) is 1. The number of nitrogens with zero attached hydrogens (tertiary/aromatic N) is 2. The fourth-order valence-corrected chi connectivity index (χ4v) is 2.06. The molecule has 1 aliphatic rings. The molecule has 5 nitrogen and oxygen atoms in total. The lowest BCUT2D eigenvalue weighted by atomic mass is 10.3. The molecule has 0 aromatic heterocycles. The normalized spacial score (nSPS) is 20.6. The van der Waals surface area contributed by atoms with Gasteiger partial charge in [0.2, 0.25) is 5.91 Å². The molecule has 0 bridgehead atoms. The standard InChI is InChI=1S/C12H25N3O2/c1-4-15(5-2)12(16)10-14(3)9-11-8-13-6-7-17-11/h11,13H,4-10H2,1-3H3. The van der Waals surface area contributed by atoms with Crippen LogP contribution in [-0.2, 0) is 9.53 Å². The van der Waals surface area contributed by atoms with Gasteiger partial charge >= 0.3 is 0 Å². The number of rotatable bonds is 6. The molecule has 1 rings (SSSR count). The van der Waals surface area contributed by atoms with E-state index in [-0.39, 0.29) is 12.0 Å². The summed E-state index contributed by atoms with van der Waals surface area (Å²) in [6.45, 7) is 9.44. The molecule has 100 valence electrons. The summed E-state index contributed by atoms with van der Waals surface area (Å²) in [5.41, 5.74) is 0. The molecule has 0 radical (unpaired) electrons. The largest absolute Gasteiger partial charge is 0.374 e. The van der Waals surface area contributed by atoms with E-state index in [4.69, 9.17) is 4.74 Å². The van der Waals surface area contributed by atoms with E-state index in [9.17, 15) is 4.79 Å². The van der Waals surface area contributed by atoms with Gasteiger partial charge in [0.15, 0.2) is 0 Å². The number of carbonyl (C=O) groups is 1. The van der Waals surface area contributed by atoms with Crippen LogP contribution in [0.2, 0.25) is 0 Å². The molecule has 0 aromatic carbocycles. The first-order chi connectivity index (χ1) is 8.17.